The third-order valence-corrected chi connectivity index (χ3v) is 3.60. The molecule has 2 rings (SSSR count). The highest BCUT2D eigenvalue weighted by Crippen LogP contribution is 2.30. The molecule has 112 valence electrons. The number of hydrogen-bond acceptors (Lipinski definition) is 4. The van der Waals surface area contributed by atoms with Crippen LogP contribution in [0, 0.1) is 17.2 Å². The molecule has 1 aliphatic rings. The number of anilines is 1. The SMILES string of the molecule is N#CCC(=O)C1CCN(c2ccc(C(F)(F)F)cn2)CC1. The van der Waals surface area contributed by atoms with Crippen LogP contribution in [0.2, 0.25) is 0 Å². The summed E-state index contributed by atoms with van der Waals surface area (Å²) >= 11 is 0. The summed E-state index contributed by atoms with van der Waals surface area (Å²) in [5.41, 5.74) is -0.773. The van der Waals surface area contributed by atoms with Crippen LogP contribution in [0.15, 0.2) is 18.3 Å². The van der Waals surface area contributed by atoms with Gasteiger partial charge in [0.25, 0.3) is 0 Å². The lowest BCUT2D eigenvalue weighted by Crippen LogP contribution is -2.36. The van der Waals surface area contributed by atoms with Crippen LogP contribution in [0.3, 0.4) is 0 Å². The number of rotatable bonds is 3. The molecule has 0 unspecified atom stereocenters. The Hall–Kier alpha value is -2.10. The number of piperidine rings is 1. The fourth-order valence-corrected chi connectivity index (χ4v) is 2.39. The molecule has 7 heteroatoms. The van der Waals surface area contributed by atoms with Gasteiger partial charge >= 0.3 is 6.18 Å². The quantitative estimate of drug-likeness (QED) is 0.861. The molecule has 0 bridgehead atoms. The number of carbonyl (C=O) groups excluding carboxylic acids is 1. The molecule has 0 aromatic carbocycles. The Labute approximate surface area is 120 Å². The second kappa shape index (κ2) is 6.12. The van der Waals surface area contributed by atoms with E-state index in [1.54, 1.807) is 0 Å². The topological polar surface area (TPSA) is 57.0 Å². The van der Waals surface area contributed by atoms with Gasteiger partial charge in [-0.15, -0.1) is 0 Å². The van der Waals surface area contributed by atoms with Crippen LogP contribution >= 0.6 is 0 Å². The number of nitriles is 1. The molecule has 2 heterocycles. The molecule has 0 saturated carbocycles. The van der Waals surface area contributed by atoms with Gasteiger partial charge in [-0.1, -0.05) is 0 Å². The highest BCUT2D eigenvalue weighted by atomic mass is 19.4. The second-order valence-electron chi connectivity index (χ2n) is 4.97. The summed E-state index contributed by atoms with van der Waals surface area (Å²) in [6.45, 7) is 1.11. The predicted octanol–water partition coefficient (Wildman–Crippen LogP) is 2.80. The number of halogens is 3. The zero-order valence-corrected chi connectivity index (χ0v) is 11.2. The third kappa shape index (κ3) is 3.72. The lowest BCUT2D eigenvalue weighted by molar-refractivity contribution is -0.137. The third-order valence-electron chi connectivity index (χ3n) is 3.60. The summed E-state index contributed by atoms with van der Waals surface area (Å²) < 4.78 is 37.4. The molecule has 4 nitrogen and oxygen atoms in total. The minimum Gasteiger partial charge on any atom is -0.357 e. The standard InChI is InChI=1S/C14H14F3N3O/c15-14(16,17)11-1-2-13(19-9-11)20-7-4-10(5-8-20)12(21)3-6-18/h1-2,9-10H,3-5,7-8H2. The van der Waals surface area contributed by atoms with Crippen LogP contribution in [-0.2, 0) is 11.0 Å². The van der Waals surface area contributed by atoms with Crippen molar-refractivity contribution in [3.05, 3.63) is 23.9 Å². The highest BCUT2D eigenvalue weighted by molar-refractivity contribution is 5.83. The van der Waals surface area contributed by atoms with E-state index < -0.39 is 11.7 Å². The van der Waals surface area contributed by atoms with Crippen molar-refractivity contribution in [2.75, 3.05) is 18.0 Å². The van der Waals surface area contributed by atoms with E-state index in [0.717, 1.165) is 12.3 Å². The fourth-order valence-electron chi connectivity index (χ4n) is 2.39. The molecule has 21 heavy (non-hydrogen) atoms. The van der Waals surface area contributed by atoms with Crippen LogP contribution in [0.1, 0.15) is 24.8 Å². The summed E-state index contributed by atoms with van der Waals surface area (Å²) in [6, 6.07) is 4.20. The molecular weight excluding hydrogens is 283 g/mol. The Morgan fingerprint density at radius 3 is 2.52 bits per heavy atom. The second-order valence-corrected chi connectivity index (χ2v) is 4.97. The maximum Gasteiger partial charge on any atom is 0.417 e. The normalized spacial score (nSPS) is 16.6. The largest absolute Gasteiger partial charge is 0.417 e. The Balaban J connectivity index is 1.97. The summed E-state index contributed by atoms with van der Waals surface area (Å²) in [7, 11) is 0. The molecule has 0 N–H and O–H groups in total. The molecule has 0 spiro atoms. The molecule has 0 radical (unpaired) electrons. The average molecular weight is 297 g/mol. The number of pyridine rings is 1. The summed E-state index contributed by atoms with van der Waals surface area (Å²) in [6.07, 6.45) is -2.44. The minimum atomic E-state index is -4.39. The van der Waals surface area contributed by atoms with Gasteiger partial charge in [-0.2, -0.15) is 18.4 Å². The summed E-state index contributed by atoms with van der Waals surface area (Å²) in [5, 5.41) is 8.51. The first-order valence-electron chi connectivity index (χ1n) is 6.59. The van der Waals surface area contributed by atoms with Crippen molar-refractivity contribution in [3.8, 4) is 6.07 Å². The first-order valence-corrected chi connectivity index (χ1v) is 6.59. The van der Waals surface area contributed by atoms with Crippen molar-refractivity contribution in [2.24, 2.45) is 5.92 Å². The zero-order chi connectivity index (χ0) is 15.5. The fraction of sp³-hybridized carbons (Fsp3) is 0.500. The molecule has 1 aliphatic heterocycles. The molecule has 1 saturated heterocycles. The Morgan fingerprint density at radius 1 is 1.38 bits per heavy atom. The molecule has 1 aromatic heterocycles. The highest BCUT2D eigenvalue weighted by Gasteiger charge is 2.31. The number of ketones is 1. The first kappa shape index (κ1) is 15.3. The minimum absolute atomic E-state index is 0.0578. The summed E-state index contributed by atoms with van der Waals surface area (Å²) in [4.78, 5) is 17.3. The monoisotopic (exact) mass is 297 g/mol. The molecular formula is C14H14F3N3O. The van der Waals surface area contributed by atoms with Crippen LogP contribution in [0.5, 0.6) is 0 Å². The zero-order valence-electron chi connectivity index (χ0n) is 11.2. The number of alkyl halides is 3. The lowest BCUT2D eigenvalue weighted by Gasteiger charge is -2.32. The van der Waals surface area contributed by atoms with Gasteiger partial charge in [-0.25, -0.2) is 4.98 Å². The van der Waals surface area contributed by atoms with E-state index >= 15 is 0 Å². The van der Waals surface area contributed by atoms with E-state index in [2.05, 4.69) is 4.98 Å². The smallest absolute Gasteiger partial charge is 0.357 e. The van der Waals surface area contributed by atoms with Crippen LogP contribution in [-0.4, -0.2) is 23.9 Å². The molecule has 0 aliphatic carbocycles. The lowest BCUT2D eigenvalue weighted by atomic mass is 9.91. The van der Waals surface area contributed by atoms with E-state index in [1.165, 1.54) is 6.07 Å². The number of nitrogens with zero attached hydrogens (tertiary/aromatic N) is 3. The van der Waals surface area contributed by atoms with Gasteiger partial charge in [-0.05, 0) is 25.0 Å². The first-order chi connectivity index (χ1) is 9.91. The molecule has 1 fully saturated rings. The number of hydrogen-bond donors (Lipinski definition) is 0. The Kier molecular flexibility index (Phi) is 4.46. The number of carbonyl (C=O) groups is 1. The number of Topliss-reactive ketones (excluding diaryl/α,β-unsaturated/α-hetero) is 1. The van der Waals surface area contributed by atoms with E-state index in [9.17, 15) is 18.0 Å². The van der Waals surface area contributed by atoms with E-state index in [-0.39, 0.29) is 18.1 Å². The summed E-state index contributed by atoms with van der Waals surface area (Å²) in [5.74, 6) is 0.294. The van der Waals surface area contributed by atoms with E-state index in [4.69, 9.17) is 5.26 Å². The predicted molar refractivity (Wildman–Crippen MR) is 69.4 cm³/mol. The van der Waals surface area contributed by atoms with Crippen LogP contribution in [0.4, 0.5) is 19.0 Å². The van der Waals surface area contributed by atoms with Crippen LogP contribution in [0.25, 0.3) is 0 Å². The van der Waals surface area contributed by atoms with Crippen molar-refractivity contribution in [2.45, 2.75) is 25.4 Å². The van der Waals surface area contributed by atoms with Gasteiger partial charge in [0.05, 0.1) is 18.1 Å². The Morgan fingerprint density at radius 2 is 2.05 bits per heavy atom. The van der Waals surface area contributed by atoms with Crippen molar-refractivity contribution in [3.63, 3.8) is 0 Å². The van der Waals surface area contributed by atoms with Crippen molar-refractivity contribution in [1.82, 2.24) is 4.98 Å². The molecule has 0 atom stereocenters. The van der Waals surface area contributed by atoms with E-state index in [1.807, 2.05) is 11.0 Å². The van der Waals surface area contributed by atoms with Gasteiger partial charge in [-0.3, -0.25) is 4.79 Å². The van der Waals surface area contributed by atoms with Gasteiger partial charge in [0.15, 0.2) is 0 Å². The molecule has 1 aromatic rings. The molecule has 0 amide bonds. The average Bonchev–Trinajstić information content (AvgIpc) is 2.47. The van der Waals surface area contributed by atoms with Gasteiger partial charge in [0.2, 0.25) is 0 Å². The number of aromatic nitrogens is 1. The van der Waals surface area contributed by atoms with Gasteiger partial charge < -0.3 is 4.90 Å². The van der Waals surface area contributed by atoms with Crippen LogP contribution < -0.4 is 4.90 Å². The van der Waals surface area contributed by atoms with Crippen molar-refractivity contribution >= 4 is 11.6 Å². The van der Waals surface area contributed by atoms with Crippen molar-refractivity contribution in [1.29, 1.82) is 5.26 Å². The van der Waals surface area contributed by atoms with Crippen molar-refractivity contribution < 1.29 is 18.0 Å². The Bertz CT molecular complexity index is 540. The maximum absolute atomic E-state index is 12.5. The van der Waals surface area contributed by atoms with E-state index in [0.29, 0.717) is 31.7 Å². The van der Waals surface area contributed by atoms with Gasteiger partial charge in [0.1, 0.15) is 11.6 Å². The maximum atomic E-state index is 12.5. The van der Waals surface area contributed by atoms with Gasteiger partial charge in [0, 0.05) is 25.2 Å².